The van der Waals surface area contributed by atoms with E-state index in [2.05, 4.69) is 36.4 Å². The Morgan fingerprint density at radius 1 is 1.29 bits per heavy atom. The Hall–Kier alpha value is -1.32. The van der Waals surface area contributed by atoms with Crippen molar-refractivity contribution in [3.8, 4) is 0 Å². The van der Waals surface area contributed by atoms with Crippen LogP contribution in [0.4, 0.5) is 0 Å². The molecule has 0 radical (unpaired) electrons. The maximum atomic E-state index is 6.25. The molecule has 0 fully saturated rings. The highest BCUT2D eigenvalue weighted by atomic mass is 32.1. The smallest absolute Gasteiger partial charge is 0.114 e. The van der Waals surface area contributed by atoms with Crippen molar-refractivity contribution >= 4 is 21.4 Å². The number of hydrogen-bond donors (Lipinski definition) is 1. The number of fused-ring (bicyclic) bond motifs is 1. The Kier molecular flexibility index (Phi) is 2.87. The molecule has 0 aliphatic carbocycles. The van der Waals surface area contributed by atoms with E-state index in [0.717, 1.165) is 25.2 Å². The summed E-state index contributed by atoms with van der Waals surface area (Å²) in [6.07, 6.45) is 4.30. The molecule has 1 aromatic heterocycles. The fourth-order valence-corrected chi connectivity index (χ4v) is 3.16. The van der Waals surface area contributed by atoms with E-state index in [-0.39, 0.29) is 6.04 Å². The predicted octanol–water partition coefficient (Wildman–Crippen LogP) is 3.60. The van der Waals surface area contributed by atoms with Crippen molar-refractivity contribution in [1.29, 1.82) is 0 Å². The SMILES string of the molecule is NC(C1=CCCCO1)c1cc2ccccc2s1. The molecule has 0 spiro atoms. The third-order valence-electron chi connectivity index (χ3n) is 3.02. The van der Waals surface area contributed by atoms with Gasteiger partial charge in [0.25, 0.3) is 0 Å². The van der Waals surface area contributed by atoms with E-state index in [1.54, 1.807) is 11.3 Å². The van der Waals surface area contributed by atoms with Gasteiger partial charge >= 0.3 is 0 Å². The molecule has 2 nitrogen and oxygen atoms in total. The van der Waals surface area contributed by atoms with Gasteiger partial charge in [-0.05, 0) is 36.4 Å². The normalized spacial score (nSPS) is 17.6. The van der Waals surface area contributed by atoms with Crippen LogP contribution < -0.4 is 5.73 Å². The number of allylic oxidation sites excluding steroid dienone is 1. The first-order chi connectivity index (χ1) is 8.34. The minimum Gasteiger partial charge on any atom is -0.496 e. The van der Waals surface area contributed by atoms with Gasteiger partial charge in [-0.2, -0.15) is 0 Å². The van der Waals surface area contributed by atoms with E-state index >= 15 is 0 Å². The molecule has 2 heterocycles. The monoisotopic (exact) mass is 245 g/mol. The Morgan fingerprint density at radius 2 is 2.18 bits per heavy atom. The van der Waals surface area contributed by atoms with E-state index in [0.29, 0.717) is 0 Å². The van der Waals surface area contributed by atoms with Gasteiger partial charge in [-0.3, -0.25) is 0 Å². The Labute approximate surface area is 105 Å². The van der Waals surface area contributed by atoms with Crippen LogP contribution in [-0.4, -0.2) is 6.61 Å². The van der Waals surface area contributed by atoms with E-state index < -0.39 is 0 Å². The molecule has 2 N–H and O–H groups in total. The van der Waals surface area contributed by atoms with Crippen LogP contribution in [0.15, 0.2) is 42.2 Å². The summed E-state index contributed by atoms with van der Waals surface area (Å²) in [6, 6.07) is 10.4. The van der Waals surface area contributed by atoms with E-state index in [9.17, 15) is 0 Å². The molecule has 1 aromatic carbocycles. The second-order valence-electron chi connectivity index (χ2n) is 4.26. The second-order valence-corrected chi connectivity index (χ2v) is 5.38. The summed E-state index contributed by atoms with van der Waals surface area (Å²) in [7, 11) is 0. The lowest BCUT2D eigenvalue weighted by atomic mass is 10.1. The highest BCUT2D eigenvalue weighted by Gasteiger charge is 2.17. The molecule has 3 heteroatoms. The zero-order valence-corrected chi connectivity index (χ0v) is 10.4. The van der Waals surface area contributed by atoms with Crippen LogP contribution in [0.3, 0.4) is 0 Å². The molecule has 1 aliphatic rings. The first-order valence-electron chi connectivity index (χ1n) is 5.91. The molecule has 0 bridgehead atoms. The van der Waals surface area contributed by atoms with E-state index in [1.807, 2.05) is 0 Å². The number of nitrogens with two attached hydrogens (primary N) is 1. The molecule has 0 saturated heterocycles. The van der Waals surface area contributed by atoms with Crippen LogP contribution in [0, 0.1) is 0 Å². The molecular weight excluding hydrogens is 230 g/mol. The van der Waals surface area contributed by atoms with Crippen molar-refractivity contribution in [3.05, 3.63) is 47.0 Å². The zero-order chi connectivity index (χ0) is 11.7. The van der Waals surface area contributed by atoms with Gasteiger partial charge in [0.05, 0.1) is 12.6 Å². The van der Waals surface area contributed by atoms with Crippen LogP contribution in [0.25, 0.3) is 10.1 Å². The van der Waals surface area contributed by atoms with Gasteiger partial charge in [0.1, 0.15) is 5.76 Å². The maximum absolute atomic E-state index is 6.25. The first-order valence-corrected chi connectivity index (χ1v) is 6.73. The van der Waals surface area contributed by atoms with Gasteiger partial charge in [-0.15, -0.1) is 11.3 Å². The molecule has 2 aromatic rings. The molecule has 3 rings (SSSR count). The second kappa shape index (κ2) is 4.51. The largest absolute Gasteiger partial charge is 0.496 e. The topological polar surface area (TPSA) is 35.2 Å². The summed E-state index contributed by atoms with van der Waals surface area (Å²) in [5.74, 6) is 0.933. The van der Waals surface area contributed by atoms with Gasteiger partial charge < -0.3 is 10.5 Å². The van der Waals surface area contributed by atoms with Crippen LogP contribution >= 0.6 is 11.3 Å². The zero-order valence-electron chi connectivity index (χ0n) is 9.56. The summed E-state index contributed by atoms with van der Waals surface area (Å²) in [4.78, 5) is 1.18. The lowest BCUT2D eigenvalue weighted by Crippen LogP contribution is -2.16. The van der Waals surface area contributed by atoms with Crippen LogP contribution in [0.2, 0.25) is 0 Å². The molecule has 0 amide bonds. The quantitative estimate of drug-likeness (QED) is 0.877. The average Bonchev–Trinajstić information content (AvgIpc) is 2.82. The highest BCUT2D eigenvalue weighted by molar-refractivity contribution is 7.19. The number of rotatable bonds is 2. The highest BCUT2D eigenvalue weighted by Crippen LogP contribution is 2.33. The van der Waals surface area contributed by atoms with E-state index in [1.165, 1.54) is 15.0 Å². The number of thiophene rings is 1. The third-order valence-corrected chi connectivity index (χ3v) is 4.22. The van der Waals surface area contributed by atoms with Gasteiger partial charge in [-0.25, -0.2) is 0 Å². The van der Waals surface area contributed by atoms with E-state index in [4.69, 9.17) is 10.5 Å². The Bertz CT molecular complexity index is 525. The van der Waals surface area contributed by atoms with Crippen molar-refractivity contribution in [2.24, 2.45) is 5.73 Å². The molecule has 17 heavy (non-hydrogen) atoms. The Morgan fingerprint density at radius 3 is 2.94 bits per heavy atom. The van der Waals surface area contributed by atoms with Crippen molar-refractivity contribution in [2.75, 3.05) is 6.61 Å². The van der Waals surface area contributed by atoms with Crippen LogP contribution in [0.1, 0.15) is 23.8 Å². The first kappa shape index (κ1) is 10.8. The number of benzene rings is 1. The molecule has 1 unspecified atom stereocenters. The van der Waals surface area contributed by atoms with Gasteiger partial charge in [0.2, 0.25) is 0 Å². The van der Waals surface area contributed by atoms with Crippen molar-refractivity contribution < 1.29 is 4.74 Å². The minimum atomic E-state index is -0.104. The average molecular weight is 245 g/mol. The summed E-state index contributed by atoms with van der Waals surface area (Å²) in [5, 5.41) is 1.26. The molecular formula is C14H15NOS. The fourth-order valence-electron chi connectivity index (χ4n) is 2.09. The summed E-state index contributed by atoms with van der Waals surface area (Å²) in [6.45, 7) is 0.796. The summed E-state index contributed by atoms with van der Waals surface area (Å²) in [5.41, 5.74) is 6.25. The lowest BCUT2D eigenvalue weighted by Gasteiger charge is -2.19. The maximum Gasteiger partial charge on any atom is 0.114 e. The Balaban J connectivity index is 1.94. The molecule has 1 atom stereocenters. The fraction of sp³-hybridized carbons (Fsp3) is 0.286. The molecule has 88 valence electrons. The minimum absolute atomic E-state index is 0.104. The van der Waals surface area contributed by atoms with Gasteiger partial charge in [-0.1, -0.05) is 18.2 Å². The van der Waals surface area contributed by atoms with Gasteiger partial charge in [0.15, 0.2) is 0 Å². The van der Waals surface area contributed by atoms with Gasteiger partial charge in [0, 0.05) is 9.58 Å². The molecule has 1 aliphatic heterocycles. The number of ether oxygens (including phenoxy) is 1. The predicted molar refractivity (Wildman–Crippen MR) is 72.0 cm³/mol. The summed E-state index contributed by atoms with van der Waals surface area (Å²) < 4.78 is 6.92. The molecule has 0 saturated carbocycles. The summed E-state index contributed by atoms with van der Waals surface area (Å²) >= 11 is 1.75. The van der Waals surface area contributed by atoms with Crippen LogP contribution in [0.5, 0.6) is 0 Å². The van der Waals surface area contributed by atoms with Crippen LogP contribution in [-0.2, 0) is 4.74 Å². The number of hydrogen-bond acceptors (Lipinski definition) is 3. The van der Waals surface area contributed by atoms with Crippen molar-refractivity contribution in [1.82, 2.24) is 0 Å². The van der Waals surface area contributed by atoms with Crippen molar-refractivity contribution in [3.63, 3.8) is 0 Å². The van der Waals surface area contributed by atoms with Crippen molar-refractivity contribution in [2.45, 2.75) is 18.9 Å². The third kappa shape index (κ3) is 2.08. The standard InChI is InChI=1S/C14H15NOS/c15-14(11-6-3-4-8-16-11)13-9-10-5-1-2-7-12(10)17-13/h1-2,5-7,9,14H,3-4,8,15H2. The lowest BCUT2D eigenvalue weighted by molar-refractivity contribution is 0.176.